The van der Waals surface area contributed by atoms with Gasteiger partial charge in [0.25, 0.3) is 0 Å². The van der Waals surface area contributed by atoms with Gasteiger partial charge in [0.05, 0.1) is 0 Å². The van der Waals surface area contributed by atoms with Gasteiger partial charge < -0.3 is 10.5 Å². The Balaban J connectivity index is 2.78. The van der Waals surface area contributed by atoms with Crippen LogP contribution in [0.2, 0.25) is 0 Å². The molecule has 0 spiro atoms. The summed E-state index contributed by atoms with van der Waals surface area (Å²) in [5.41, 5.74) is 10.0. The molecule has 0 aliphatic carbocycles. The predicted molar refractivity (Wildman–Crippen MR) is 64.1 cm³/mol. The van der Waals surface area contributed by atoms with Crippen molar-refractivity contribution in [2.24, 2.45) is 5.73 Å². The van der Waals surface area contributed by atoms with Crippen LogP contribution in [0.3, 0.4) is 0 Å². The minimum absolute atomic E-state index is 0.304. The van der Waals surface area contributed by atoms with Crippen molar-refractivity contribution in [2.45, 2.75) is 40.3 Å². The van der Waals surface area contributed by atoms with E-state index in [1.807, 2.05) is 13.8 Å². The Labute approximate surface area is 96.6 Å². The number of hydrogen-bond donors (Lipinski definition) is 1. The molecule has 88 valence electrons. The fourth-order valence-electron chi connectivity index (χ4n) is 1.71. The van der Waals surface area contributed by atoms with E-state index in [9.17, 15) is 4.79 Å². The third-order valence-electron chi connectivity index (χ3n) is 2.57. The highest BCUT2D eigenvalue weighted by Crippen LogP contribution is 2.17. The SMILES string of the molecule is Cc1cc(C)c(COC(=O)C(C)N)c(C)c1. The van der Waals surface area contributed by atoms with E-state index in [2.05, 4.69) is 19.1 Å². The van der Waals surface area contributed by atoms with Gasteiger partial charge in [0, 0.05) is 0 Å². The maximum atomic E-state index is 11.3. The molecule has 16 heavy (non-hydrogen) atoms. The molecule has 3 nitrogen and oxygen atoms in total. The smallest absolute Gasteiger partial charge is 0.322 e. The summed E-state index contributed by atoms with van der Waals surface area (Å²) in [5.74, 6) is -0.362. The first-order valence-electron chi connectivity index (χ1n) is 5.40. The highest BCUT2D eigenvalue weighted by Gasteiger charge is 2.11. The number of rotatable bonds is 3. The lowest BCUT2D eigenvalue weighted by Gasteiger charge is -2.12. The van der Waals surface area contributed by atoms with Gasteiger partial charge in [0.2, 0.25) is 0 Å². The third kappa shape index (κ3) is 3.07. The first-order chi connectivity index (χ1) is 7.41. The summed E-state index contributed by atoms with van der Waals surface area (Å²) >= 11 is 0. The van der Waals surface area contributed by atoms with Crippen molar-refractivity contribution in [3.8, 4) is 0 Å². The zero-order chi connectivity index (χ0) is 12.3. The van der Waals surface area contributed by atoms with Crippen LogP contribution in [-0.4, -0.2) is 12.0 Å². The van der Waals surface area contributed by atoms with Crippen LogP contribution in [0.15, 0.2) is 12.1 Å². The van der Waals surface area contributed by atoms with Gasteiger partial charge >= 0.3 is 5.97 Å². The largest absolute Gasteiger partial charge is 0.460 e. The second-order valence-corrected chi connectivity index (χ2v) is 4.27. The maximum absolute atomic E-state index is 11.3. The van der Waals surface area contributed by atoms with E-state index < -0.39 is 6.04 Å². The lowest BCUT2D eigenvalue weighted by Crippen LogP contribution is -2.28. The summed E-state index contributed by atoms with van der Waals surface area (Å²) in [6, 6.07) is 3.61. The number of benzene rings is 1. The Morgan fingerprint density at radius 1 is 1.31 bits per heavy atom. The summed E-state index contributed by atoms with van der Waals surface area (Å²) in [4.78, 5) is 11.3. The Morgan fingerprint density at radius 2 is 1.81 bits per heavy atom. The molecule has 0 saturated carbocycles. The van der Waals surface area contributed by atoms with Crippen molar-refractivity contribution >= 4 is 5.97 Å². The minimum Gasteiger partial charge on any atom is -0.460 e. The van der Waals surface area contributed by atoms with E-state index in [0.29, 0.717) is 6.61 Å². The zero-order valence-corrected chi connectivity index (χ0v) is 10.3. The molecule has 3 heteroatoms. The zero-order valence-electron chi connectivity index (χ0n) is 10.3. The Morgan fingerprint density at radius 3 is 2.25 bits per heavy atom. The summed E-state index contributed by atoms with van der Waals surface area (Å²) < 4.78 is 5.13. The molecule has 0 amide bonds. The van der Waals surface area contributed by atoms with Crippen molar-refractivity contribution in [3.05, 3.63) is 34.4 Å². The van der Waals surface area contributed by atoms with Gasteiger partial charge in [0.15, 0.2) is 0 Å². The third-order valence-corrected chi connectivity index (χ3v) is 2.57. The van der Waals surface area contributed by atoms with Crippen LogP contribution in [-0.2, 0) is 16.1 Å². The molecule has 2 N–H and O–H groups in total. The van der Waals surface area contributed by atoms with Gasteiger partial charge in [-0.3, -0.25) is 4.79 Å². The summed E-state index contributed by atoms with van der Waals surface area (Å²) in [7, 11) is 0. The fraction of sp³-hybridized carbons (Fsp3) is 0.462. The number of hydrogen-bond acceptors (Lipinski definition) is 3. The van der Waals surface area contributed by atoms with Crippen LogP contribution in [0.5, 0.6) is 0 Å². The molecular weight excluding hydrogens is 202 g/mol. The van der Waals surface area contributed by atoms with Crippen molar-refractivity contribution in [3.63, 3.8) is 0 Å². The number of carbonyl (C=O) groups is 1. The molecule has 0 aliphatic heterocycles. The van der Waals surface area contributed by atoms with Crippen LogP contribution >= 0.6 is 0 Å². The maximum Gasteiger partial charge on any atom is 0.322 e. The van der Waals surface area contributed by atoms with Crippen LogP contribution in [0.1, 0.15) is 29.2 Å². The Hall–Kier alpha value is -1.35. The fourth-order valence-corrected chi connectivity index (χ4v) is 1.71. The van der Waals surface area contributed by atoms with Gasteiger partial charge in [-0.25, -0.2) is 0 Å². The predicted octanol–water partition coefficient (Wildman–Crippen LogP) is 2.00. The second kappa shape index (κ2) is 5.12. The second-order valence-electron chi connectivity index (χ2n) is 4.27. The monoisotopic (exact) mass is 221 g/mol. The molecule has 0 aliphatic rings. The van der Waals surface area contributed by atoms with Crippen molar-refractivity contribution in [1.82, 2.24) is 0 Å². The van der Waals surface area contributed by atoms with Gasteiger partial charge in [-0.2, -0.15) is 0 Å². The van der Waals surface area contributed by atoms with E-state index >= 15 is 0 Å². The lowest BCUT2D eigenvalue weighted by atomic mass is 10.0. The number of aryl methyl sites for hydroxylation is 3. The van der Waals surface area contributed by atoms with Crippen LogP contribution in [0.25, 0.3) is 0 Å². The molecule has 1 aromatic carbocycles. The van der Waals surface area contributed by atoms with Gasteiger partial charge in [-0.1, -0.05) is 17.7 Å². The minimum atomic E-state index is -0.564. The van der Waals surface area contributed by atoms with Crippen molar-refractivity contribution in [1.29, 1.82) is 0 Å². The summed E-state index contributed by atoms with van der Waals surface area (Å²) in [5, 5.41) is 0. The average Bonchev–Trinajstić information content (AvgIpc) is 2.15. The molecule has 0 saturated heterocycles. The number of carbonyl (C=O) groups excluding carboxylic acids is 1. The van der Waals surface area contributed by atoms with Crippen LogP contribution in [0, 0.1) is 20.8 Å². The molecule has 0 fully saturated rings. The van der Waals surface area contributed by atoms with Crippen LogP contribution < -0.4 is 5.73 Å². The van der Waals surface area contributed by atoms with E-state index in [1.165, 1.54) is 5.56 Å². The Bertz CT molecular complexity index is 374. The molecule has 0 heterocycles. The molecule has 1 aromatic rings. The summed E-state index contributed by atoms with van der Waals surface area (Å²) in [6.07, 6.45) is 0. The Kier molecular flexibility index (Phi) is 4.07. The normalized spacial score (nSPS) is 12.3. The first-order valence-corrected chi connectivity index (χ1v) is 5.40. The average molecular weight is 221 g/mol. The molecule has 1 rings (SSSR count). The summed E-state index contributed by atoms with van der Waals surface area (Å²) in [6.45, 7) is 8.03. The van der Waals surface area contributed by atoms with Crippen molar-refractivity contribution < 1.29 is 9.53 Å². The van der Waals surface area contributed by atoms with Gasteiger partial charge in [-0.05, 0) is 44.4 Å². The van der Waals surface area contributed by atoms with Crippen molar-refractivity contribution in [2.75, 3.05) is 0 Å². The molecule has 0 bridgehead atoms. The quantitative estimate of drug-likeness (QED) is 0.794. The topological polar surface area (TPSA) is 52.3 Å². The molecule has 0 radical (unpaired) electrons. The molecule has 1 unspecified atom stereocenters. The number of esters is 1. The van der Waals surface area contributed by atoms with Gasteiger partial charge in [-0.15, -0.1) is 0 Å². The van der Waals surface area contributed by atoms with E-state index in [4.69, 9.17) is 10.5 Å². The highest BCUT2D eigenvalue weighted by atomic mass is 16.5. The lowest BCUT2D eigenvalue weighted by molar-refractivity contribution is -0.146. The standard InChI is InChI=1S/C13H19NO2/c1-8-5-9(2)12(10(3)6-8)7-16-13(15)11(4)14/h5-6,11H,7,14H2,1-4H3. The molecular formula is C13H19NO2. The van der Waals surface area contributed by atoms with E-state index in [0.717, 1.165) is 16.7 Å². The first kappa shape index (κ1) is 12.7. The van der Waals surface area contributed by atoms with Crippen LogP contribution in [0.4, 0.5) is 0 Å². The highest BCUT2D eigenvalue weighted by molar-refractivity contribution is 5.74. The van der Waals surface area contributed by atoms with Gasteiger partial charge in [0.1, 0.15) is 12.6 Å². The van der Waals surface area contributed by atoms with E-state index in [1.54, 1.807) is 6.92 Å². The van der Waals surface area contributed by atoms with E-state index in [-0.39, 0.29) is 5.97 Å². The molecule has 0 aromatic heterocycles. The number of ether oxygens (including phenoxy) is 1. The number of nitrogens with two attached hydrogens (primary N) is 1. The molecule has 1 atom stereocenters.